The van der Waals surface area contributed by atoms with Crippen LogP contribution in [0.15, 0.2) is 52.8 Å². The second-order valence-corrected chi connectivity index (χ2v) is 8.94. The molecule has 3 aromatic rings. The molecule has 178 valence electrons. The van der Waals surface area contributed by atoms with E-state index in [2.05, 4.69) is 20.7 Å². The zero-order valence-corrected chi connectivity index (χ0v) is 20.5. The van der Waals surface area contributed by atoms with Crippen LogP contribution < -0.4 is 20.1 Å². The molecule has 9 nitrogen and oxygen atoms in total. The molecule has 1 aliphatic heterocycles. The summed E-state index contributed by atoms with van der Waals surface area (Å²) in [5.74, 6) is 1.40. The average Bonchev–Trinajstić information content (AvgIpc) is 3.22. The van der Waals surface area contributed by atoms with Crippen LogP contribution in [-0.4, -0.2) is 45.8 Å². The highest BCUT2D eigenvalue weighted by Crippen LogP contribution is 2.43. The molecule has 4 rings (SSSR count). The van der Waals surface area contributed by atoms with Crippen LogP contribution in [0.25, 0.3) is 0 Å². The van der Waals surface area contributed by atoms with Crippen LogP contribution in [0.2, 0.25) is 0 Å². The number of nitrogens with one attached hydrogen (secondary N) is 2. The molecule has 0 aliphatic carbocycles. The van der Waals surface area contributed by atoms with Gasteiger partial charge in [0.05, 0.1) is 19.8 Å². The molecular weight excluding hydrogens is 454 g/mol. The first-order chi connectivity index (χ1) is 16.4. The van der Waals surface area contributed by atoms with E-state index in [9.17, 15) is 9.90 Å². The number of thioether (sulfide) groups is 1. The summed E-state index contributed by atoms with van der Waals surface area (Å²) < 4.78 is 12.4. The largest absolute Gasteiger partial charge is 0.502 e. The van der Waals surface area contributed by atoms with E-state index in [0.29, 0.717) is 27.9 Å². The first-order valence-electron chi connectivity index (χ1n) is 10.8. The van der Waals surface area contributed by atoms with Crippen molar-refractivity contribution < 1.29 is 19.4 Å². The van der Waals surface area contributed by atoms with Crippen molar-refractivity contribution in [3.05, 3.63) is 58.8 Å². The van der Waals surface area contributed by atoms with Crippen LogP contribution in [-0.2, 0) is 4.79 Å². The lowest BCUT2D eigenvalue weighted by Gasteiger charge is -2.29. The number of rotatable bonds is 7. The zero-order chi connectivity index (χ0) is 24.4. The van der Waals surface area contributed by atoms with Crippen LogP contribution in [0.1, 0.15) is 31.0 Å². The molecule has 0 radical (unpaired) electrons. The molecular formula is C24H27N5O4S. The summed E-state index contributed by atoms with van der Waals surface area (Å²) in [4.78, 5) is 18.2. The molecule has 0 fully saturated rings. The molecule has 2 aromatic carbocycles. The maximum Gasteiger partial charge on any atom is 0.255 e. The lowest BCUT2D eigenvalue weighted by Crippen LogP contribution is -2.31. The Morgan fingerprint density at radius 1 is 1.21 bits per heavy atom. The lowest BCUT2D eigenvalue weighted by molar-refractivity contribution is -0.113. The number of nitrogens with zero attached hydrogens (tertiary/aromatic N) is 3. The van der Waals surface area contributed by atoms with Gasteiger partial charge in [0.25, 0.3) is 5.91 Å². The summed E-state index contributed by atoms with van der Waals surface area (Å²) in [5, 5.41) is 22.0. The molecule has 2 heterocycles. The number of hydrogen-bond donors (Lipinski definition) is 3. The van der Waals surface area contributed by atoms with E-state index in [-0.39, 0.29) is 23.2 Å². The topological polar surface area (TPSA) is 111 Å². The van der Waals surface area contributed by atoms with Crippen molar-refractivity contribution in [3.8, 4) is 17.2 Å². The van der Waals surface area contributed by atoms with E-state index >= 15 is 0 Å². The van der Waals surface area contributed by atoms with Crippen LogP contribution in [0, 0.1) is 6.92 Å². The van der Waals surface area contributed by atoms with E-state index in [1.165, 1.54) is 26.0 Å². The summed E-state index contributed by atoms with van der Waals surface area (Å²) in [6.45, 7) is 5.79. The van der Waals surface area contributed by atoms with Gasteiger partial charge < -0.3 is 25.2 Å². The maximum absolute atomic E-state index is 13.6. The number of carbonyl (C=O) groups excluding carboxylic acids is 1. The molecule has 34 heavy (non-hydrogen) atoms. The molecule has 0 bridgehead atoms. The quantitative estimate of drug-likeness (QED) is 0.427. The second kappa shape index (κ2) is 9.68. The van der Waals surface area contributed by atoms with Gasteiger partial charge in [-0.25, -0.2) is 4.68 Å². The van der Waals surface area contributed by atoms with Gasteiger partial charge in [0.2, 0.25) is 16.9 Å². The number of benzene rings is 2. The van der Waals surface area contributed by atoms with Gasteiger partial charge in [0, 0.05) is 11.4 Å². The minimum absolute atomic E-state index is 0.115. The minimum atomic E-state index is -0.637. The van der Waals surface area contributed by atoms with Gasteiger partial charge in [-0.1, -0.05) is 36.9 Å². The molecule has 0 saturated carbocycles. The van der Waals surface area contributed by atoms with Gasteiger partial charge in [-0.05, 0) is 48.9 Å². The highest BCUT2D eigenvalue weighted by atomic mass is 32.2. The van der Waals surface area contributed by atoms with E-state index in [1.807, 2.05) is 45.0 Å². The van der Waals surface area contributed by atoms with E-state index < -0.39 is 6.04 Å². The van der Waals surface area contributed by atoms with E-state index in [1.54, 1.807) is 16.8 Å². The highest BCUT2D eigenvalue weighted by Gasteiger charge is 2.35. The molecule has 1 aromatic heterocycles. The Bertz CT molecular complexity index is 1240. The molecule has 0 spiro atoms. The van der Waals surface area contributed by atoms with Crippen molar-refractivity contribution in [1.29, 1.82) is 0 Å². The summed E-state index contributed by atoms with van der Waals surface area (Å²) in [7, 11) is 2.93. The number of anilines is 2. The third-order valence-electron chi connectivity index (χ3n) is 5.56. The first kappa shape index (κ1) is 23.5. The molecule has 3 N–H and O–H groups in total. The van der Waals surface area contributed by atoms with Crippen molar-refractivity contribution in [2.75, 3.05) is 30.6 Å². The Morgan fingerprint density at radius 2 is 1.88 bits per heavy atom. The number of aryl methyl sites for hydroxylation is 1. The van der Waals surface area contributed by atoms with Gasteiger partial charge in [-0.3, -0.25) is 4.79 Å². The molecule has 1 amide bonds. The van der Waals surface area contributed by atoms with Crippen LogP contribution >= 0.6 is 11.8 Å². The number of fused-ring (bicyclic) bond motifs is 1. The standard InChI is InChI=1S/C24H27N5O4S/c1-6-34-24-27-23-25-14(3)19(22(31)26-16-10-8-7-9-13(16)2)20(29(23)28-24)15-11-17(32-4)21(30)18(12-15)33-5/h7-12,20,30H,6H2,1-5H3,(H,26,31)(H,25,27,28)/t20-/m0/s1. The number of methoxy groups -OCH3 is 2. The van der Waals surface area contributed by atoms with E-state index in [4.69, 9.17) is 9.47 Å². The Kier molecular flexibility index (Phi) is 6.69. The summed E-state index contributed by atoms with van der Waals surface area (Å²) >= 11 is 1.51. The van der Waals surface area contributed by atoms with Gasteiger partial charge in [0.1, 0.15) is 6.04 Å². The monoisotopic (exact) mass is 481 g/mol. The fraction of sp³-hybridized carbons (Fsp3) is 0.292. The fourth-order valence-electron chi connectivity index (χ4n) is 3.90. The van der Waals surface area contributed by atoms with Gasteiger partial charge in [-0.2, -0.15) is 4.98 Å². The maximum atomic E-state index is 13.6. The number of phenolic OH excluding ortho intramolecular Hbond substituents is 1. The van der Waals surface area contributed by atoms with Crippen molar-refractivity contribution in [1.82, 2.24) is 14.8 Å². The smallest absolute Gasteiger partial charge is 0.255 e. The van der Waals surface area contributed by atoms with Crippen molar-refractivity contribution >= 4 is 29.3 Å². The number of ether oxygens (including phenoxy) is 2. The Hall–Kier alpha value is -3.66. The number of hydrogen-bond acceptors (Lipinski definition) is 8. The summed E-state index contributed by atoms with van der Waals surface area (Å²) in [5.41, 5.74) is 3.43. The number of allylic oxidation sites excluding steroid dienone is 1. The molecule has 1 atom stereocenters. The average molecular weight is 482 g/mol. The van der Waals surface area contributed by atoms with Crippen LogP contribution in [0.4, 0.5) is 11.6 Å². The van der Waals surface area contributed by atoms with Crippen molar-refractivity contribution in [2.24, 2.45) is 0 Å². The molecule has 0 unspecified atom stereocenters. The summed E-state index contributed by atoms with van der Waals surface area (Å²) in [6, 6.07) is 10.3. The fourth-order valence-corrected chi connectivity index (χ4v) is 4.45. The number of carbonyl (C=O) groups is 1. The number of amides is 1. The SMILES string of the molecule is CCSc1nc2n(n1)[C@@H](c1cc(OC)c(O)c(OC)c1)C(C(=O)Nc1ccccc1C)=C(C)N2. The molecule has 10 heteroatoms. The van der Waals surface area contributed by atoms with Crippen LogP contribution in [0.3, 0.4) is 0 Å². The van der Waals surface area contributed by atoms with E-state index in [0.717, 1.165) is 17.0 Å². The normalized spacial score (nSPS) is 14.9. The zero-order valence-electron chi connectivity index (χ0n) is 19.7. The second-order valence-electron chi connectivity index (χ2n) is 7.70. The number of para-hydroxylation sites is 1. The predicted octanol–water partition coefficient (Wildman–Crippen LogP) is 4.35. The van der Waals surface area contributed by atoms with Crippen LogP contribution in [0.5, 0.6) is 17.2 Å². The lowest BCUT2D eigenvalue weighted by atomic mass is 9.94. The molecule has 1 aliphatic rings. The Morgan fingerprint density at radius 3 is 2.50 bits per heavy atom. The third-order valence-corrected chi connectivity index (χ3v) is 6.28. The predicted molar refractivity (Wildman–Crippen MR) is 132 cm³/mol. The number of phenols is 1. The molecule has 0 saturated heterocycles. The van der Waals surface area contributed by atoms with Gasteiger partial charge in [0.15, 0.2) is 11.5 Å². The Labute approximate surface area is 202 Å². The van der Waals surface area contributed by atoms with Crippen molar-refractivity contribution in [2.45, 2.75) is 32.0 Å². The van der Waals surface area contributed by atoms with Gasteiger partial charge >= 0.3 is 0 Å². The Balaban J connectivity index is 1.87. The summed E-state index contributed by atoms with van der Waals surface area (Å²) in [6.07, 6.45) is 0. The van der Waals surface area contributed by atoms with Crippen molar-refractivity contribution in [3.63, 3.8) is 0 Å². The first-order valence-corrected chi connectivity index (χ1v) is 11.8. The highest BCUT2D eigenvalue weighted by molar-refractivity contribution is 7.99. The minimum Gasteiger partial charge on any atom is -0.502 e. The number of aromatic hydroxyl groups is 1. The van der Waals surface area contributed by atoms with Gasteiger partial charge in [-0.15, -0.1) is 5.10 Å². The third kappa shape index (κ3) is 4.28. The number of aromatic nitrogens is 3.